The average molecular weight is 439 g/mol. The summed E-state index contributed by atoms with van der Waals surface area (Å²) in [5.74, 6) is 0.0750. The van der Waals surface area contributed by atoms with E-state index in [1.165, 1.54) is 55.4 Å². The number of hydrogen-bond donors (Lipinski definition) is 0. The molecule has 0 aromatic carbocycles. The molecule has 0 bridgehead atoms. The summed E-state index contributed by atoms with van der Waals surface area (Å²) in [7, 11) is 3.63. The molecule has 1 aromatic rings. The number of hydrogen-bond acceptors (Lipinski definition) is 2. The third-order valence-electron chi connectivity index (χ3n) is 5.03. The number of rotatable bonds is 11. The summed E-state index contributed by atoms with van der Waals surface area (Å²) in [6.07, 6.45) is 11.6. The maximum absolute atomic E-state index is 12.4. The summed E-state index contributed by atoms with van der Waals surface area (Å²) in [5, 5.41) is 0. The second kappa shape index (κ2) is 11.1. The fourth-order valence-electron chi connectivity index (χ4n) is 3.46. The number of nitrogens with zero attached hydrogens (tertiary/aromatic N) is 2. The van der Waals surface area contributed by atoms with Gasteiger partial charge in [0.05, 0.1) is 0 Å². The number of carbonyl (C=O) groups excluding carboxylic acids is 1. The SMILES string of the molecule is CCC[CH2][Sn]([CH2]CCC)([CH2]CCC)[c]1cncc(C(=O)N(C)C)c1. The molecule has 0 aliphatic carbocycles. The standard InChI is InChI=1S/C8H9N2O.3C4H9.Sn/c1-10(2)8(11)7-4-3-5-9-6-7;3*1-3-4-2;/h4-6H,1-2H3;3*1,3-4H2,2H3;. The normalized spacial score (nSPS) is 11.5. The molecular weight excluding hydrogens is 403 g/mol. The molecule has 0 atom stereocenters. The summed E-state index contributed by atoms with van der Waals surface area (Å²) in [4.78, 5) is 18.5. The zero-order valence-corrected chi connectivity index (χ0v) is 19.3. The van der Waals surface area contributed by atoms with E-state index in [9.17, 15) is 4.79 Å². The Morgan fingerprint density at radius 2 is 1.46 bits per heavy atom. The molecule has 0 unspecified atom stereocenters. The Balaban J connectivity index is 3.23. The van der Waals surface area contributed by atoms with Crippen molar-refractivity contribution in [1.82, 2.24) is 9.88 Å². The molecule has 1 heterocycles. The summed E-state index contributed by atoms with van der Waals surface area (Å²) in [6.45, 7) is 6.88. The molecule has 0 saturated carbocycles. The van der Waals surface area contributed by atoms with Gasteiger partial charge in [0, 0.05) is 0 Å². The molecule has 0 fully saturated rings. The Hall–Kier alpha value is -0.581. The van der Waals surface area contributed by atoms with Crippen LogP contribution in [0.1, 0.15) is 69.7 Å². The van der Waals surface area contributed by atoms with Gasteiger partial charge < -0.3 is 0 Å². The fourth-order valence-corrected chi connectivity index (χ4v) is 19.2. The van der Waals surface area contributed by atoms with Crippen LogP contribution in [-0.4, -0.2) is 48.3 Å². The van der Waals surface area contributed by atoms with Crippen molar-refractivity contribution >= 4 is 27.9 Å². The number of unbranched alkanes of at least 4 members (excludes halogenated alkanes) is 3. The molecule has 3 nitrogen and oxygen atoms in total. The third kappa shape index (κ3) is 6.05. The predicted octanol–water partition coefficient (Wildman–Crippen LogP) is 4.84. The maximum atomic E-state index is 12.4. The van der Waals surface area contributed by atoms with E-state index in [1.807, 2.05) is 14.1 Å². The monoisotopic (exact) mass is 440 g/mol. The molecule has 1 aromatic heterocycles. The van der Waals surface area contributed by atoms with Crippen molar-refractivity contribution in [3.05, 3.63) is 24.0 Å². The molecular formula is C20H36N2OSn. The van der Waals surface area contributed by atoms with E-state index < -0.39 is 18.4 Å². The van der Waals surface area contributed by atoms with Gasteiger partial charge in [-0.3, -0.25) is 0 Å². The molecule has 24 heavy (non-hydrogen) atoms. The second-order valence-electron chi connectivity index (χ2n) is 7.25. The van der Waals surface area contributed by atoms with Crippen molar-refractivity contribution < 1.29 is 4.79 Å². The molecule has 0 aliphatic rings. The Kier molecular flexibility index (Phi) is 9.94. The van der Waals surface area contributed by atoms with E-state index in [4.69, 9.17) is 0 Å². The Labute approximate surface area is 153 Å². The summed E-state index contributed by atoms with van der Waals surface area (Å²) < 4.78 is 5.71. The second-order valence-corrected chi connectivity index (χ2v) is 20.5. The predicted molar refractivity (Wildman–Crippen MR) is 107 cm³/mol. The molecule has 4 heteroatoms. The minimum atomic E-state index is -2.48. The van der Waals surface area contributed by atoms with Crippen molar-refractivity contribution in [1.29, 1.82) is 0 Å². The van der Waals surface area contributed by atoms with Crippen molar-refractivity contribution in [2.75, 3.05) is 14.1 Å². The van der Waals surface area contributed by atoms with Gasteiger partial charge in [-0.15, -0.1) is 0 Å². The molecule has 0 N–H and O–H groups in total. The topological polar surface area (TPSA) is 33.2 Å². The Morgan fingerprint density at radius 1 is 0.958 bits per heavy atom. The van der Waals surface area contributed by atoms with E-state index in [1.54, 1.807) is 11.1 Å². The number of carbonyl (C=O) groups is 1. The zero-order chi connectivity index (χ0) is 18.0. The summed E-state index contributed by atoms with van der Waals surface area (Å²) >= 11 is -2.48. The van der Waals surface area contributed by atoms with Crippen LogP contribution in [0.25, 0.3) is 0 Å². The number of pyridine rings is 1. The van der Waals surface area contributed by atoms with Crippen LogP contribution >= 0.6 is 0 Å². The van der Waals surface area contributed by atoms with Crippen molar-refractivity contribution in [2.45, 2.75) is 72.6 Å². The quantitative estimate of drug-likeness (QED) is 0.463. The first-order valence-corrected chi connectivity index (χ1v) is 17.2. The molecule has 1 amide bonds. The minimum absolute atomic E-state index is 0.0750. The van der Waals surface area contributed by atoms with E-state index >= 15 is 0 Å². The zero-order valence-electron chi connectivity index (χ0n) is 16.4. The van der Waals surface area contributed by atoms with Gasteiger partial charge >= 0.3 is 153 Å². The number of amides is 1. The van der Waals surface area contributed by atoms with E-state index in [-0.39, 0.29) is 5.91 Å². The van der Waals surface area contributed by atoms with E-state index in [2.05, 4.69) is 38.0 Å². The Morgan fingerprint density at radius 3 is 1.88 bits per heavy atom. The van der Waals surface area contributed by atoms with Crippen LogP contribution in [0.2, 0.25) is 13.3 Å². The van der Waals surface area contributed by atoms with Gasteiger partial charge in [-0.05, 0) is 0 Å². The molecule has 0 aliphatic heterocycles. The van der Waals surface area contributed by atoms with Crippen LogP contribution in [0.5, 0.6) is 0 Å². The van der Waals surface area contributed by atoms with Gasteiger partial charge in [-0.1, -0.05) is 0 Å². The van der Waals surface area contributed by atoms with Gasteiger partial charge in [0.1, 0.15) is 0 Å². The number of aromatic nitrogens is 1. The summed E-state index contributed by atoms with van der Waals surface area (Å²) in [5.41, 5.74) is 0.767. The molecule has 0 spiro atoms. The van der Waals surface area contributed by atoms with Crippen LogP contribution in [0.4, 0.5) is 0 Å². The van der Waals surface area contributed by atoms with Gasteiger partial charge in [0.25, 0.3) is 0 Å². The van der Waals surface area contributed by atoms with Crippen LogP contribution in [-0.2, 0) is 0 Å². The summed E-state index contributed by atoms with van der Waals surface area (Å²) in [6, 6.07) is 2.20. The van der Waals surface area contributed by atoms with Crippen LogP contribution in [0, 0.1) is 0 Å². The Bertz CT molecular complexity index is 480. The van der Waals surface area contributed by atoms with E-state index in [0.29, 0.717) is 0 Å². The van der Waals surface area contributed by atoms with Gasteiger partial charge in [-0.25, -0.2) is 0 Å². The first-order chi connectivity index (χ1) is 11.5. The van der Waals surface area contributed by atoms with Gasteiger partial charge in [-0.2, -0.15) is 0 Å². The van der Waals surface area contributed by atoms with Crippen molar-refractivity contribution in [2.24, 2.45) is 0 Å². The molecule has 1 rings (SSSR count). The van der Waals surface area contributed by atoms with Crippen LogP contribution in [0.15, 0.2) is 18.5 Å². The molecule has 0 saturated heterocycles. The van der Waals surface area contributed by atoms with Crippen LogP contribution < -0.4 is 3.58 Å². The third-order valence-corrected chi connectivity index (χ3v) is 20.5. The van der Waals surface area contributed by atoms with E-state index in [0.717, 1.165) is 5.56 Å². The molecule has 136 valence electrons. The van der Waals surface area contributed by atoms with Gasteiger partial charge in [0.15, 0.2) is 0 Å². The average Bonchev–Trinajstić information content (AvgIpc) is 2.60. The van der Waals surface area contributed by atoms with Gasteiger partial charge in [0.2, 0.25) is 0 Å². The first-order valence-electron chi connectivity index (χ1n) is 9.68. The van der Waals surface area contributed by atoms with Crippen LogP contribution in [0.3, 0.4) is 0 Å². The van der Waals surface area contributed by atoms with Crippen molar-refractivity contribution in [3.63, 3.8) is 0 Å². The fraction of sp³-hybridized carbons (Fsp3) is 0.700. The van der Waals surface area contributed by atoms with Crippen molar-refractivity contribution in [3.8, 4) is 0 Å². The first kappa shape index (κ1) is 21.5. The molecule has 0 radical (unpaired) electrons.